The fourth-order valence-electron chi connectivity index (χ4n) is 6.21. The van der Waals surface area contributed by atoms with Gasteiger partial charge < -0.3 is 4.74 Å². The average Bonchev–Trinajstić information content (AvgIpc) is 2.72. The fraction of sp³-hybridized carbons (Fsp3) is 0.760. The lowest BCUT2D eigenvalue weighted by atomic mass is 9.68. The molecule has 0 spiro atoms. The van der Waals surface area contributed by atoms with Crippen LogP contribution in [0.5, 0.6) is 0 Å². The highest BCUT2D eigenvalue weighted by atomic mass is 16.5. The van der Waals surface area contributed by atoms with Crippen LogP contribution in [-0.2, 0) is 11.2 Å². The molecule has 144 valence electrons. The molecule has 2 fully saturated rings. The Kier molecular flexibility index (Phi) is 6.70. The monoisotopic (exact) mass is 354 g/mol. The Labute approximate surface area is 160 Å². The Morgan fingerprint density at radius 2 is 1.42 bits per heavy atom. The zero-order chi connectivity index (χ0) is 17.6. The van der Waals surface area contributed by atoms with Crippen LogP contribution in [0.25, 0.3) is 0 Å². The van der Waals surface area contributed by atoms with Crippen molar-refractivity contribution in [2.24, 2.45) is 17.8 Å². The summed E-state index contributed by atoms with van der Waals surface area (Å²) in [6, 6.07) is 8.98. The first-order valence-corrected chi connectivity index (χ1v) is 11.6. The minimum atomic E-state index is 0.360. The largest absolute Gasteiger partial charge is 0.374 e. The molecule has 3 aliphatic rings. The van der Waals surface area contributed by atoms with Gasteiger partial charge in [0, 0.05) is 6.61 Å². The van der Waals surface area contributed by atoms with Crippen molar-refractivity contribution in [2.45, 2.75) is 96.0 Å². The smallest absolute Gasteiger partial charge is 0.0827 e. The fourth-order valence-corrected chi connectivity index (χ4v) is 6.21. The van der Waals surface area contributed by atoms with Gasteiger partial charge in [-0.3, -0.25) is 0 Å². The third-order valence-electron chi connectivity index (χ3n) is 7.60. The number of benzene rings is 1. The quantitative estimate of drug-likeness (QED) is 0.523. The first kappa shape index (κ1) is 18.5. The van der Waals surface area contributed by atoms with Gasteiger partial charge in [-0.2, -0.15) is 0 Å². The molecule has 1 nitrogen and oxygen atoms in total. The molecule has 2 saturated carbocycles. The molecule has 0 aromatic heterocycles. The molecule has 0 aliphatic heterocycles. The highest BCUT2D eigenvalue weighted by molar-refractivity contribution is 5.31. The van der Waals surface area contributed by atoms with Gasteiger partial charge in [0.1, 0.15) is 0 Å². The van der Waals surface area contributed by atoms with Gasteiger partial charge >= 0.3 is 0 Å². The summed E-state index contributed by atoms with van der Waals surface area (Å²) in [6.07, 6.45) is 20.2. The lowest BCUT2D eigenvalue weighted by Crippen LogP contribution is -2.28. The first-order valence-electron chi connectivity index (χ1n) is 11.6. The predicted molar refractivity (Wildman–Crippen MR) is 109 cm³/mol. The van der Waals surface area contributed by atoms with Crippen molar-refractivity contribution in [1.82, 2.24) is 0 Å². The highest BCUT2D eigenvalue weighted by Crippen LogP contribution is 2.42. The molecule has 0 bridgehead atoms. The van der Waals surface area contributed by atoms with Gasteiger partial charge in [-0.05, 0) is 54.6 Å². The Bertz CT molecular complexity index is 521. The lowest BCUT2D eigenvalue weighted by molar-refractivity contribution is 0.0150. The van der Waals surface area contributed by atoms with Crippen LogP contribution in [0, 0.1) is 17.8 Å². The number of aryl methyl sites for hydroxylation is 1. The molecule has 26 heavy (non-hydrogen) atoms. The Balaban J connectivity index is 1.35. The maximum atomic E-state index is 6.52. The van der Waals surface area contributed by atoms with E-state index in [1.165, 1.54) is 101 Å². The van der Waals surface area contributed by atoms with E-state index in [-0.39, 0.29) is 0 Å². The van der Waals surface area contributed by atoms with E-state index in [1.54, 1.807) is 0 Å². The third kappa shape index (κ3) is 4.53. The summed E-state index contributed by atoms with van der Waals surface area (Å²) in [5, 5.41) is 0. The van der Waals surface area contributed by atoms with Crippen molar-refractivity contribution in [3.05, 3.63) is 35.4 Å². The minimum absolute atomic E-state index is 0.360. The summed E-state index contributed by atoms with van der Waals surface area (Å²) in [6.45, 7) is 0.983. The molecule has 0 saturated heterocycles. The summed E-state index contributed by atoms with van der Waals surface area (Å²) in [5.41, 5.74) is 3.01. The Morgan fingerprint density at radius 3 is 2.12 bits per heavy atom. The normalized spacial score (nSPS) is 25.3. The summed E-state index contributed by atoms with van der Waals surface area (Å²) in [4.78, 5) is 0. The van der Waals surface area contributed by atoms with Gasteiger partial charge in [-0.25, -0.2) is 0 Å². The van der Waals surface area contributed by atoms with Crippen LogP contribution in [0.3, 0.4) is 0 Å². The Morgan fingerprint density at radius 1 is 0.769 bits per heavy atom. The van der Waals surface area contributed by atoms with E-state index >= 15 is 0 Å². The maximum Gasteiger partial charge on any atom is 0.0827 e. The molecule has 4 rings (SSSR count). The number of rotatable bonds is 6. The van der Waals surface area contributed by atoms with Crippen LogP contribution < -0.4 is 0 Å². The molecule has 1 atom stereocenters. The van der Waals surface area contributed by atoms with Crippen molar-refractivity contribution >= 4 is 0 Å². The molecule has 1 aromatic carbocycles. The zero-order valence-corrected chi connectivity index (χ0v) is 16.6. The second-order valence-electron chi connectivity index (χ2n) is 9.20. The number of ether oxygens (including phenoxy) is 1. The highest BCUT2D eigenvalue weighted by Gasteiger charge is 2.31. The first-order chi connectivity index (χ1) is 12.9. The Hall–Kier alpha value is -0.820. The van der Waals surface area contributed by atoms with E-state index in [0.717, 1.165) is 24.4 Å². The van der Waals surface area contributed by atoms with E-state index in [0.29, 0.717) is 6.10 Å². The van der Waals surface area contributed by atoms with Gasteiger partial charge in [0.2, 0.25) is 0 Å². The molecular weight excluding hydrogens is 316 g/mol. The second-order valence-corrected chi connectivity index (χ2v) is 9.20. The molecule has 1 unspecified atom stereocenters. The van der Waals surface area contributed by atoms with Gasteiger partial charge in [-0.1, -0.05) is 88.5 Å². The van der Waals surface area contributed by atoms with Crippen molar-refractivity contribution < 1.29 is 4.74 Å². The van der Waals surface area contributed by atoms with E-state index in [2.05, 4.69) is 24.3 Å². The van der Waals surface area contributed by atoms with Crippen LogP contribution >= 0.6 is 0 Å². The molecule has 0 amide bonds. The van der Waals surface area contributed by atoms with Gasteiger partial charge in [0.15, 0.2) is 0 Å². The number of fused-ring (bicyclic) bond motifs is 1. The van der Waals surface area contributed by atoms with Crippen molar-refractivity contribution in [3.63, 3.8) is 0 Å². The van der Waals surface area contributed by atoms with Gasteiger partial charge in [-0.15, -0.1) is 0 Å². The second kappa shape index (κ2) is 9.40. The zero-order valence-electron chi connectivity index (χ0n) is 16.6. The standard InChI is InChI=1S/C25H38O/c1-3-10-20(11-4-1)23(21-12-5-2-6-13-21)18-19-26-25-17-9-15-22-14-7-8-16-24(22)25/h7-8,14,16,20-21,23,25H,1-6,9-13,15,17-19H2. The van der Waals surface area contributed by atoms with Gasteiger partial charge in [0.25, 0.3) is 0 Å². The van der Waals surface area contributed by atoms with Crippen LogP contribution in [0.4, 0.5) is 0 Å². The summed E-state index contributed by atoms with van der Waals surface area (Å²) >= 11 is 0. The molecule has 3 aliphatic carbocycles. The molecule has 0 heterocycles. The van der Waals surface area contributed by atoms with E-state index in [9.17, 15) is 0 Å². The van der Waals surface area contributed by atoms with Crippen LogP contribution in [0.1, 0.15) is 101 Å². The molecule has 0 N–H and O–H groups in total. The molecule has 0 radical (unpaired) electrons. The van der Waals surface area contributed by atoms with Crippen LogP contribution in [-0.4, -0.2) is 6.61 Å². The maximum absolute atomic E-state index is 6.52. The topological polar surface area (TPSA) is 9.23 Å². The van der Waals surface area contributed by atoms with Crippen molar-refractivity contribution in [2.75, 3.05) is 6.61 Å². The van der Waals surface area contributed by atoms with E-state index < -0.39 is 0 Å². The molecule has 1 aromatic rings. The van der Waals surface area contributed by atoms with Crippen molar-refractivity contribution in [1.29, 1.82) is 0 Å². The van der Waals surface area contributed by atoms with E-state index in [4.69, 9.17) is 4.74 Å². The average molecular weight is 355 g/mol. The predicted octanol–water partition coefficient (Wildman–Crippen LogP) is 7.25. The molecule has 1 heteroatoms. The number of hydrogen-bond acceptors (Lipinski definition) is 1. The number of hydrogen-bond donors (Lipinski definition) is 0. The van der Waals surface area contributed by atoms with Crippen LogP contribution in [0.2, 0.25) is 0 Å². The third-order valence-corrected chi connectivity index (χ3v) is 7.60. The molecular formula is C25H38O. The SMILES string of the molecule is c1ccc2c(c1)CCCC2OCCC(C1CCCCC1)C1CCCCC1. The van der Waals surface area contributed by atoms with Crippen LogP contribution in [0.15, 0.2) is 24.3 Å². The van der Waals surface area contributed by atoms with Gasteiger partial charge in [0.05, 0.1) is 6.10 Å². The summed E-state index contributed by atoms with van der Waals surface area (Å²) in [5.74, 6) is 2.93. The van der Waals surface area contributed by atoms with Crippen molar-refractivity contribution in [3.8, 4) is 0 Å². The lowest BCUT2D eigenvalue weighted by Gasteiger charge is -2.38. The summed E-state index contributed by atoms with van der Waals surface area (Å²) in [7, 11) is 0. The minimum Gasteiger partial charge on any atom is -0.374 e. The van der Waals surface area contributed by atoms with E-state index in [1.807, 2.05) is 0 Å². The summed E-state index contributed by atoms with van der Waals surface area (Å²) < 4.78 is 6.52.